The molecule has 1 saturated heterocycles. The van der Waals surface area contributed by atoms with Gasteiger partial charge in [0.25, 0.3) is 0 Å². The normalized spacial score (nSPS) is 41.2. The Morgan fingerprint density at radius 3 is 2.17 bits per heavy atom. The van der Waals surface area contributed by atoms with Gasteiger partial charge in [0.1, 0.15) is 17.3 Å². The molecule has 12 heavy (non-hydrogen) atoms. The van der Waals surface area contributed by atoms with Crippen LogP contribution in [0.3, 0.4) is 0 Å². The maximum absolute atomic E-state index is 11.3. The summed E-state index contributed by atoms with van der Waals surface area (Å²) in [4.78, 5) is 22.5. The van der Waals surface area contributed by atoms with E-state index < -0.39 is 5.41 Å². The van der Waals surface area contributed by atoms with E-state index in [1.54, 1.807) is 6.92 Å². The summed E-state index contributed by atoms with van der Waals surface area (Å²) in [6.07, 6.45) is -0.147. The highest BCUT2D eigenvalue weighted by Crippen LogP contribution is 2.39. The Hall–Kier alpha value is -0.860. The fraction of sp³-hybridized carbons (Fsp3) is 0.778. The Labute approximate surface area is 72.1 Å². The van der Waals surface area contributed by atoms with Crippen LogP contribution in [0.1, 0.15) is 27.7 Å². The summed E-state index contributed by atoms with van der Waals surface area (Å²) in [7, 11) is 0. The van der Waals surface area contributed by atoms with Crippen molar-refractivity contribution in [3.63, 3.8) is 0 Å². The quantitative estimate of drug-likeness (QED) is 0.438. The van der Waals surface area contributed by atoms with E-state index in [0.29, 0.717) is 0 Å². The van der Waals surface area contributed by atoms with Gasteiger partial charge in [0, 0.05) is 5.92 Å². The van der Waals surface area contributed by atoms with Crippen molar-refractivity contribution in [2.75, 3.05) is 0 Å². The molecule has 68 valence electrons. The summed E-state index contributed by atoms with van der Waals surface area (Å²) < 4.78 is 4.99. The van der Waals surface area contributed by atoms with Gasteiger partial charge in [0.05, 0.1) is 0 Å². The predicted molar refractivity (Wildman–Crippen MR) is 43.5 cm³/mol. The molecule has 3 nitrogen and oxygen atoms in total. The average molecular weight is 170 g/mol. The number of cyclic esters (lactones) is 1. The van der Waals surface area contributed by atoms with E-state index in [4.69, 9.17) is 4.74 Å². The van der Waals surface area contributed by atoms with Gasteiger partial charge in [-0.2, -0.15) is 0 Å². The van der Waals surface area contributed by atoms with Gasteiger partial charge in [0.15, 0.2) is 0 Å². The standard InChI is InChI=1S/C9H14O3/c1-5-6(2)12-8(11)9(5,4)7(3)10/h5-6H,1-4H3. The molecule has 0 spiro atoms. The van der Waals surface area contributed by atoms with Crippen molar-refractivity contribution in [1.82, 2.24) is 0 Å². The molecular formula is C9H14O3. The van der Waals surface area contributed by atoms with Gasteiger partial charge in [-0.1, -0.05) is 6.92 Å². The number of carbonyl (C=O) groups excluding carboxylic acids is 2. The third-order valence-electron chi connectivity index (χ3n) is 3.06. The lowest BCUT2D eigenvalue weighted by Crippen LogP contribution is -2.36. The first-order valence-electron chi connectivity index (χ1n) is 4.12. The smallest absolute Gasteiger partial charge is 0.320 e. The summed E-state index contributed by atoms with van der Waals surface area (Å²) in [5.74, 6) is -0.512. The average Bonchev–Trinajstić information content (AvgIpc) is 2.16. The van der Waals surface area contributed by atoms with Crippen LogP contribution in [-0.4, -0.2) is 17.9 Å². The molecule has 0 aromatic carbocycles. The molecule has 0 bridgehead atoms. The van der Waals surface area contributed by atoms with Crippen LogP contribution in [0, 0.1) is 11.3 Å². The van der Waals surface area contributed by atoms with Crippen molar-refractivity contribution in [3.05, 3.63) is 0 Å². The van der Waals surface area contributed by atoms with Gasteiger partial charge in [-0.15, -0.1) is 0 Å². The molecule has 1 aliphatic rings. The second kappa shape index (κ2) is 2.57. The zero-order valence-corrected chi connectivity index (χ0v) is 7.88. The molecule has 1 aliphatic heterocycles. The number of hydrogen-bond acceptors (Lipinski definition) is 3. The molecule has 3 heteroatoms. The van der Waals surface area contributed by atoms with Gasteiger partial charge in [-0.3, -0.25) is 9.59 Å². The molecule has 0 aromatic rings. The van der Waals surface area contributed by atoms with Crippen LogP contribution in [0.2, 0.25) is 0 Å². The predicted octanol–water partition coefficient (Wildman–Crippen LogP) is 1.16. The molecular weight excluding hydrogens is 156 g/mol. The van der Waals surface area contributed by atoms with Gasteiger partial charge in [-0.05, 0) is 20.8 Å². The minimum atomic E-state index is -0.917. The minimum absolute atomic E-state index is 0.0255. The first kappa shape index (κ1) is 9.23. The van der Waals surface area contributed by atoms with E-state index in [-0.39, 0.29) is 23.8 Å². The van der Waals surface area contributed by atoms with Crippen LogP contribution in [0.15, 0.2) is 0 Å². The van der Waals surface area contributed by atoms with Crippen LogP contribution in [0.4, 0.5) is 0 Å². The van der Waals surface area contributed by atoms with E-state index >= 15 is 0 Å². The Kier molecular flexibility index (Phi) is 1.98. The molecule has 1 heterocycles. The highest BCUT2D eigenvalue weighted by atomic mass is 16.6. The third-order valence-corrected chi connectivity index (χ3v) is 3.06. The fourth-order valence-corrected chi connectivity index (χ4v) is 1.51. The number of ether oxygens (including phenoxy) is 1. The number of carbonyl (C=O) groups is 2. The van der Waals surface area contributed by atoms with Crippen molar-refractivity contribution in [2.45, 2.75) is 33.8 Å². The minimum Gasteiger partial charge on any atom is -0.462 e. The molecule has 0 radical (unpaired) electrons. The largest absolute Gasteiger partial charge is 0.462 e. The van der Waals surface area contributed by atoms with Crippen molar-refractivity contribution in [3.8, 4) is 0 Å². The molecule has 0 N–H and O–H groups in total. The van der Waals surface area contributed by atoms with Crippen LogP contribution in [0.5, 0.6) is 0 Å². The summed E-state index contributed by atoms with van der Waals surface area (Å²) in [6, 6.07) is 0. The first-order valence-corrected chi connectivity index (χ1v) is 4.12. The zero-order valence-electron chi connectivity index (χ0n) is 7.88. The molecule has 0 aliphatic carbocycles. The fourth-order valence-electron chi connectivity index (χ4n) is 1.51. The van der Waals surface area contributed by atoms with Crippen molar-refractivity contribution < 1.29 is 14.3 Å². The molecule has 1 fully saturated rings. The monoisotopic (exact) mass is 170 g/mol. The number of hydrogen-bond donors (Lipinski definition) is 0. The highest BCUT2D eigenvalue weighted by molar-refractivity contribution is 6.03. The maximum Gasteiger partial charge on any atom is 0.320 e. The van der Waals surface area contributed by atoms with Crippen molar-refractivity contribution in [2.24, 2.45) is 11.3 Å². The van der Waals surface area contributed by atoms with Gasteiger partial charge >= 0.3 is 5.97 Å². The van der Waals surface area contributed by atoms with Gasteiger partial charge < -0.3 is 4.74 Å². The SMILES string of the molecule is CC(=O)C1(C)C(=O)OC(C)C1C. The van der Waals surface area contributed by atoms with Crippen LogP contribution < -0.4 is 0 Å². The van der Waals surface area contributed by atoms with Crippen LogP contribution in [-0.2, 0) is 14.3 Å². The van der Waals surface area contributed by atoms with E-state index in [0.717, 1.165) is 0 Å². The second-order valence-corrected chi connectivity index (χ2v) is 3.66. The Balaban J connectivity index is 3.04. The Bertz CT molecular complexity index is 234. The lowest BCUT2D eigenvalue weighted by atomic mass is 9.75. The number of rotatable bonds is 1. The zero-order chi connectivity index (χ0) is 9.52. The highest BCUT2D eigenvalue weighted by Gasteiger charge is 2.53. The third kappa shape index (κ3) is 0.958. The maximum atomic E-state index is 11.3. The number of Topliss-reactive ketones (excluding diaryl/α,β-unsaturated/α-hetero) is 1. The summed E-state index contributed by atoms with van der Waals surface area (Å²) in [5, 5.41) is 0. The number of ketones is 1. The summed E-state index contributed by atoms with van der Waals surface area (Å²) in [5.41, 5.74) is -0.917. The molecule has 0 saturated carbocycles. The van der Waals surface area contributed by atoms with Crippen molar-refractivity contribution >= 4 is 11.8 Å². The topological polar surface area (TPSA) is 43.4 Å². The number of esters is 1. The Morgan fingerprint density at radius 2 is 2.00 bits per heavy atom. The van der Waals surface area contributed by atoms with E-state index in [1.165, 1.54) is 6.92 Å². The molecule has 0 amide bonds. The lowest BCUT2D eigenvalue weighted by Gasteiger charge is -2.21. The van der Waals surface area contributed by atoms with Crippen LogP contribution in [0.25, 0.3) is 0 Å². The van der Waals surface area contributed by atoms with E-state index in [2.05, 4.69) is 0 Å². The Morgan fingerprint density at radius 1 is 1.50 bits per heavy atom. The van der Waals surface area contributed by atoms with E-state index in [1.807, 2.05) is 13.8 Å². The van der Waals surface area contributed by atoms with Crippen LogP contribution >= 0.6 is 0 Å². The van der Waals surface area contributed by atoms with E-state index in [9.17, 15) is 9.59 Å². The summed E-state index contributed by atoms with van der Waals surface area (Å²) in [6.45, 7) is 6.79. The molecule has 3 atom stereocenters. The molecule has 0 aromatic heterocycles. The van der Waals surface area contributed by atoms with Crippen molar-refractivity contribution in [1.29, 1.82) is 0 Å². The molecule has 3 unspecified atom stereocenters. The second-order valence-electron chi connectivity index (χ2n) is 3.66. The molecule has 1 rings (SSSR count). The summed E-state index contributed by atoms with van der Waals surface area (Å²) >= 11 is 0. The van der Waals surface area contributed by atoms with Gasteiger partial charge in [-0.25, -0.2) is 0 Å². The lowest BCUT2D eigenvalue weighted by molar-refractivity contribution is -0.151. The first-order chi connectivity index (χ1) is 5.40. The van der Waals surface area contributed by atoms with Gasteiger partial charge in [0.2, 0.25) is 0 Å².